The molecule has 2 heterocycles. The van der Waals surface area contributed by atoms with Crippen LogP contribution in [0.5, 0.6) is 5.75 Å². The summed E-state index contributed by atoms with van der Waals surface area (Å²) in [6, 6.07) is 22.0. The Balaban J connectivity index is 1.89. The normalized spacial score (nSPS) is 10.9. The van der Waals surface area contributed by atoms with Gasteiger partial charge in [-0.3, -0.25) is 4.79 Å². The van der Waals surface area contributed by atoms with E-state index in [4.69, 9.17) is 15.6 Å². The molecule has 6 heteroatoms. The van der Waals surface area contributed by atoms with Gasteiger partial charge >= 0.3 is 5.97 Å². The van der Waals surface area contributed by atoms with Gasteiger partial charge in [-0.05, 0) is 46.4 Å². The Morgan fingerprint density at radius 1 is 0.970 bits per heavy atom. The van der Waals surface area contributed by atoms with Crippen LogP contribution in [0.2, 0.25) is 0 Å². The molecule has 1 amide bonds. The molecule has 4 rings (SSSR count). The van der Waals surface area contributed by atoms with E-state index in [-0.39, 0.29) is 6.42 Å². The summed E-state index contributed by atoms with van der Waals surface area (Å²) in [4.78, 5) is 23.0. The molecule has 3 N–H and O–H groups in total. The van der Waals surface area contributed by atoms with Crippen LogP contribution < -0.4 is 10.5 Å². The van der Waals surface area contributed by atoms with E-state index in [2.05, 4.69) is 24.3 Å². The van der Waals surface area contributed by atoms with Crippen molar-refractivity contribution in [3.05, 3.63) is 95.3 Å². The van der Waals surface area contributed by atoms with Crippen LogP contribution in [-0.4, -0.2) is 28.0 Å². The number of nitrogens with zero attached hydrogens (tertiary/aromatic N) is 1. The number of hydrogen-bond acceptors (Lipinski definition) is 3. The fourth-order valence-electron chi connectivity index (χ4n) is 4.45. The minimum absolute atomic E-state index is 0.0560. The zero-order chi connectivity index (χ0) is 23.4. The van der Waals surface area contributed by atoms with E-state index in [0.29, 0.717) is 24.1 Å². The monoisotopic (exact) mass is 442 g/mol. The molecule has 0 radical (unpaired) electrons. The molecule has 0 saturated heterocycles. The van der Waals surface area contributed by atoms with Gasteiger partial charge < -0.3 is 20.0 Å². The van der Waals surface area contributed by atoms with Gasteiger partial charge in [0.2, 0.25) is 5.91 Å². The third-order valence-corrected chi connectivity index (χ3v) is 5.76. The highest BCUT2D eigenvalue weighted by Crippen LogP contribution is 2.34. The van der Waals surface area contributed by atoms with Gasteiger partial charge in [-0.15, -0.1) is 0 Å². The number of aromatic nitrogens is 1. The zero-order valence-electron chi connectivity index (χ0n) is 18.5. The van der Waals surface area contributed by atoms with E-state index in [1.165, 1.54) is 0 Å². The van der Waals surface area contributed by atoms with E-state index < -0.39 is 18.5 Å². The van der Waals surface area contributed by atoms with Crippen LogP contribution in [0.15, 0.2) is 72.9 Å². The molecule has 0 atom stereocenters. The lowest BCUT2D eigenvalue weighted by molar-refractivity contribution is -0.139. The molecule has 0 bridgehead atoms. The highest BCUT2D eigenvalue weighted by Gasteiger charge is 2.22. The Labute approximate surface area is 192 Å². The van der Waals surface area contributed by atoms with E-state index >= 15 is 0 Å². The van der Waals surface area contributed by atoms with E-state index in [9.17, 15) is 9.59 Å². The second kappa shape index (κ2) is 9.61. The molecule has 0 fully saturated rings. The lowest BCUT2D eigenvalue weighted by Gasteiger charge is -2.12. The van der Waals surface area contributed by atoms with Crippen molar-refractivity contribution in [1.29, 1.82) is 0 Å². The Hall–Kier alpha value is -4.06. The number of ether oxygens (including phenoxy) is 1. The van der Waals surface area contributed by atoms with Crippen molar-refractivity contribution < 1.29 is 19.4 Å². The average Bonchev–Trinajstić information content (AvgIpc) is 3.10. The van der Waals surface area contributed by atoms with Crippen molar-refractivity contribution >= 4 is 17.4 Å². The van der Waals surface area contributed by atoms with Gasteiger partial charge in [0.05, 0.1) is 11.9 Å². The number of carboxylic acid groups (broad SMARTS) is 1. The van der Waals surface area contributed by atoms with Gasteiger partial charge in [0.15, 0.2) is 6.61 Å². The van der Waals surface area contributed by atoms with E-state index in [1.54, 1.807) is 6.07 Å². The molecule has 0 aliphatic carbocycles. The predicted octanol–water partition coefficient (Wildman–Crippen LogP) is 4.25. The van der Waals surface area contributed by atoms with Gasteiger partial charge in [0.25, 0.3) is 0 Å². The molecule has 0 saturated carbocycles. The van der Waals surface area contributed by atoms with Crippen LogP contribution in [0.4, 0.5) is 0 Å². The summed E-state index contributed by atoms with van der Waals surface area (Å²) >= 11 is 0. The van der Waals surface area contributed by atoms with Crippen LogP contribution in [0.1, 0.15) is 29.3 Å². The summed E-state index contributed by atoms with van der Waals surface area (Å²) < 4.78 is 7.60. The molecule has 2 aromatic heterocycles. The number of carboxylic acids is 1. The summed E-state index contributed by atoms with van der Waals surface area (Å²) in [7, 11) is 0. The standard InChI is InChI=1S/C27H26N2O4/c1-2-20-22(16-25(28)30)27-24(33-17-26(31)32)13-8-14-29(27)23(20)15-19-11-6-7-12-21(19)18-9-4-3-5-10-18/h3-14H,2,15-17H2,1H3,(H2,28,30)(H,31,32). The molecule has 0 spiro atoms. The zero-order valence-corrected chi connectivity index (χ0v) is 18.5. The van der Waals surface area contributed by atoms with Gasteiger partial charge in [0, 0.05) is 18.3 Å². The molecule has 33 heavy (non-hydrogen) atoms. The first kappa shape index (κ1) is 22.1. The van der Waals surface area contributed by atoms with Crippen molar-refractivity contribution in [3.8, 4) is 16.9 Å². The first-order chi connectivity index (χ1) is 16.0. The Morgan fingerprint density at radius 2 is 1.70 bits per heavy atom. The number of aliphatic carboxylic acids is 1. The molecule has 168 valence electrons. The van der Waals surface area contributed by atoms with Gasteiger partial charge in [-0.1, -0.05) is 61.5 Å². The fourth-order valence-corrected chi connectivity index (χ4v) is 4.45. The highest BCUT2D eigenvalue weighted by molar-refractivity contribution is 5.83. The van der Waals surface area contributed by atoms with Crippen molar-refractivity contribution in [2.45, 2.75) is 26.2 Å². The topological polar surface area (TPSA) is 94.0 Å². The Morgan fingerprint density at radius 3 is 2.39 bits per heavy atom. The number of fused-ring (bicyclic) bond motifs is 1. The summed E-state index contributed by atoms with van der Waals surface area (Å²) in [5.74, 6) is -1.08. The number of carbonyl (C=O) groups is 2. The molecule has 0 aliphatic rings. The maximum Gasteiger partial charge on any atom is 0.341 e. The van der Waals surface area contributed by atoms with Crippen LogP contribution in [0.25, 0.3) is 16.6 Å². The summed E-state index contributed by atoms with van der Waals surface area (Å²) in [6.45, 7) is 1.58. The van der Waals surface area contributed by atoms with E-state index in [1.807, 2.05) is 53.9 Å². The number of benzene rings is 2. The van der Waals surface area contributed by atoms with Crippen LogP contribution in [0, 0.1) is 0 Å². The lowest BCUT2D eigenvalue weighted by atomic mass is 9.94. The Kier molecular flexibility index (Phi) is 6.45. The second-order valence-corrected chi connectivity index (χ2v) is 7.87. The highest BCUT2D eigenvalue weighted by atomic mass is 16.5. The predicted molar refractivity (Wildman–Crippen MR) is 127 cm³/mol. The summed E-state index contributed by atoms with van der Waals surface area (Å²) in [5, 5.41) is 9.10. The maximum absolute atomic E-state index is 11.9. The van der Waals surface area contributed by atoms with E-state index in [0.717, 1.165) is 33.5 Å². The van der Waals surface area contributed by atoms with Crippen molar-refractivity contribution in [2.24, 2.45) is 5.73 Å². The minimum Gasteiger partial charge on any atom is -0.480 e. The molecule has 0 aliphatic heterocycles. The molecule has 4 aromatic rings. The number of primary amides is 1. The second-order valence-electron chi connectivity index (χ2n) is 7.87. The quantitative estimate of drug-likeness (QED) is 0.405. The van der Waals surface area contributed by atoms with Gasteiger partial charge in [-0.2, -0.15) is 0 Å². The number of pyridine rings is 1. The molecule has 2 aromatic carbocycles. The fraction of sp³-hybridized carbons (Fsp3) is 0.185. The first-order valence-electron chi connectivity index (χ1n) is 10.9. The first-order valence-corrected chi connectivity index (χ1v) is 10.9. The van der Waals surface area contributed by atoms with Gasteiger partial charge in [0.1, 0.15) is 5.75 Å². The van der Waals surface area contributed by atoms with Crippen molar-refractivity contribution in [2.75, 3.05) is 6.61 Å². The number of carbonyl (C=O) groups excluding carboxylic acids is 1. The number of hydrogen-bond donors (Lipinski definition) is 2. The minimum atomic E-state index is -1.06. The van der Waals surface area contributed by atoms with Crippen LogP contribution in [0.3, 0.4) is 0 Å². The molecule has 0 unspecified atom stereocenters. The Bertz CT molecular complexity index is 1310. The van der Waals surface area contributed by atoms with Gasteiger partial charge in [-0.25, -0.2) is 4.79 Å². The largest absolute Gasteiger partial charge is 0.480 e. The number of rotatable bonds is 9. The molecular weight excluding hydrogens is 416 g/mol. The summed E-state index contributed by atoms with van der Waals surface area (Å²) in [5.41, 5.74) is 12.6. The van der Waals surface area contributed by atoms with Crippen LogP contribution >= 0.6 is 0 Å². The van der Waals surface area contributed by atoms with Crippen LogP contribution in [-0.2, 0) is 28.9 Å². The lowest BCUT2D eigenvalue weighted by Crippen LogP contribution is -2.15. The third kappa shape index (κ3) is 4.60. The number of amides is 1. The summed E-state index contributed by atoms with van der Waals surface area (Å²) in [6.07, 6.45) is 3.32. The van der Waals surface area contributed by atoms with Crippen molar-refractivity contribution in [3.63, 3.8) is 0 Å². The number of nitrogens with two attached hydrogens (primary N) is 1. The maximum atomic E-state index is 11.9. The molecular formula is C27H26N2O4. The smallest absolute Gasteiger partial charge is 0.341 e. The SMILES string of the molecule is CCc1c(CC(N)=O)c2c(OCC(=O)O)cccn2c1Cc1ccccc1-c1ccccc1. The average molecular weight is 443 g/mol. The van der Waals surface area contributed by atoms with Crippen molar-refractivity contribution in [1.82, 2.24) is 4.40 Å². The molecule has 6 nitrogen and oxygen atoms in total. The third-order valence-electron chi connectivity index (χ3n) is 5.76.